The second-order valence-electron chi connectivity index (χ2n) is 6.09. The summed E-state index contributed by atoms with van der Waals surface area (Å²) in [5.41, 5.74) is 0.212. The van der Waals surface area contributed by atoms with Crippen LogP contribution in [0.4, 0.5) is 18.9 Å². The Kier molecular flexibility index (Phi) is 3.91. The molecule has 0 bridgehead atoms. The number of aromatic nitrogens is 4. The lowest BCUT2D eigenvalue weighted by Crippen LogP contribution is -2.09. The van der Waals surface area contributed by atoms with E-state index in [1.165, 1.54) is 31.2 Å². The van der Waals surface area contributed by atoms with Crippen LogP contribution in [0.5, 0.6) is 0 Å². The van der Waals surface area contributed by atoms with Crippen molar-refractivity contribution in [2.24, 2.45) is 0 Å². The molecule has 2 aromatic heterocycles. The van der Waals surface area contributed by atoms with Crippen LogP contribution in [-0.4, -0.2) is 24.7 Å². The molecule has 4 aromatic rings. The zero-order chi connectivity index (χ0) is 20.1. The largest absolute Gasteiger partial charge is 0.435 e. The lowest BCUT2D eigenvalue weighted by atomic mass is 10.1. The smallest absolute Gasteiger partial charge is 0.338 e. The number of H-pyrrole nitrogens is 1. The minimum atomic E-state index is -4.70. The van der Waals surface area contributed by atoms with Crippen molar-refractivity contribution in [3.05, 3.63) is 70.0 Å². The van der Waals surface area contributed by atoms with Crippen LogP contribution in [0.3, 0.4) is 0 Å². The number of nitro groups is 1. The number of fused-ring (bicyclic) bond motifs is 1. The van der Waals surface area contributed by atoms with E-state index in [9.17, 15) is 23.3 Å². The van der Waals surface area contributed by atoms with Crippen molar-refractivity contribution in [1.82, 2.24) is 19.7 Å². The van der Waals surface area contributed by atoms with Gasteiger partial charge < -0.3 is 4.98 Å². The van der Waals surface area contributed by atoms with Gasteiger partial charge in [0.25, 0.3) is 5.69 Å². The first-order chi connectivity index (χ1) is 13.3. The Labute approximate surface area is 155 Å². The van der Waals surface area contributed by atoms with Gasteiger partial charge >= 0.3 is 6.18 Å². The Bertz CT molecular complexity index is 1160. The van der Waals surface area contributed by atoms with Crippen molar-refractivity contribution in [3.8, 4) is 17.1 Å². The highest BCUT2D eigenvalue weighted by Gasteiger charge is 2.40. The minimum absolute atomic E-state index is 0.0548. The molecule has 0 atom stereocenters. The van der Waals surface area contributed by atoms with Gasteiger partial charge in [-0.15, -0.1) is 0 Å². The molecule has 0 aliphatic rings. The lowest BCUT2D eigenvalue weighted by molar-refractivity contribution is -0.384. The van der Waals surface area contributed by atoms with E-state index in [1.54, 1.807) is 24.3 Å². The van der Waals surface area contributed by atoms with Crippen molar-refractivity contribution < 1.29 is 18.1 Å². The van der Waals surface area contributed by atoms with Gasteiger partial charge in [-0.05, 0) is 31.2 Å². The van der Waals surface area contributed by atoms with E-state index in [4.69, 9.17) is 0 Å². The second kappa shape index (κ2) is 6.19. The van der Waals surface area contributed by atoms with Crippen LogP contribution in [0.25, 0.3) is 28.1 Å². The maximum atomic E-state index is 13.7. The number of non-ortho nitro benzene ring substituents is 1. The summed E-state index contributed by atoms with van der Waals surface area (Å²) in [4.78, 5) is 17.4. The molecule has 10 heteroatoms. The molecule has 0 saturated heterocycles. The van der Waals surface area contributed by atoms with E-state index < -0.39 is 16.8 Å². The number of nitrogens with zero attached hydrogens (tertiary/aromatic N) is 4. The minimum Gasteiger partial charge on any atom is -0.338 e. The first-order valence-electron chi connectivity index (χ1n) is 8.12. The Morgan fingerprint density at radius 1 is 1.11 bits per heavy atom. The summed E-state index contributed by atoms with van der Waals surface area (Å²) in [6, 6.07) is 12.0. The van der Waals surface area contributed by atoms with E-state index >= 15 is 0 Å². The van der Waals surface area contributed by atoms with Gasteiger partial charge in [0.2, 0.25) is 0 Å². The molecule has 0 aliphatic heterocycles. The number of halogens is 3. The van der Waals surface area contributed by atoms with E-state index in [-0.39, 0.29) is 28.5 Å². The molecular weight excluding hydrogens is 375 g/mol. The summed E-state index contributed by atoms with van der Waals surface area (Å²) in [6.45, 7) is 1.49. The number of alkyl halides is 3. The zero-order valence-electron chi connectivity index (χ0n) is 14.4. The van der Waals surface area contributed by atoms with Crippen molar-refractivity contribution in [3.63, 3.8) is 0 Å². The van der Waals surface area contributed by atoms with Crippen molar-refractivity contribution in [2.75, 3.05) is 0 Å². The number of imidazole rings is 1. The predicted octanol–water partition coefficient (Wildman–Crippen LogP) is 4.65. The molecular formula is C18H12F3N5O2. The number of nitro benzene ring substituents is 1. The summed E-state index contributed by atoms with van der Waals surface area (Å²) in [6.07, 6.45) is -4.70. The van der Waals surface area contributed by atoms with Crippen LogP contribution in [0.2, 0.25) is 0 Å². The second-order valence-corrected chi connectivity index (χ2v) is 6.09. The zero-order valence-corrected chi connectivity index (χ0v) is 14.4. The van der Waals surface area contributed by atoms with E-state index in [2.05, 4.69) is 15.1 Å². The standard InChI is InChI=1S/C18H12F3N5O2/c1-10-15(17-22-13-4-2-3-5-14(13)23-17)16(18(19,20)21)24-25(10)11-6-8-12(9-7-11)26(27)28/h2-9H,1H3,(H,22,23). The highest BCUT2D eigenvalue weighted by Crippen LogP contribution is 2.38. The number of rotatable bonds is 3. The summed E-state index contributed by atoms with van der Waals surface area (Å²) >= 11 is 0. The molecule has 4 rings (SSSR count). The molecule has 28 heavy (non-hydrogen) atoms. The molecule has 0 radical (unpaired) electrons. The lowest BCUT2D eigenvalue weighted by Gasteiger charge is -2.04. The highest BCUT2D eigenvalue weighted by atomic mass is 19.4. The maximum Gasteiger partial charge on any atom is 0.435 e. The normalized spacial score (nSPS) is 11.9. The number of aromatic amines is 1. The number of hydrogen-bond acceptors (Lipinski definition) is 4. The van der Waals surface area contributed by atoms with E-state index in [0.29, 0.717) is 11.0 Å². The van der Waals surface area contributed by atoms with Crippen molar-refractivity contribution >= 4 is 16.7 Å². The van der Waals surface area contributed by atoms with Crippen LogP contribution in [-0.2, 0) is 6.18 Å². The van der Waals surface area contributed by atoms with Crippen LogP contribution >= 0.6 is 0 Å². The summed E-state index contributed by atoms with van der Waals surface area (Å²) in [5.74, 6) is 0.0548. The molecule has 0 spiro atoms. The van der Waals surface area contributed by atoms with Crippen molar-refractivity contribution in [2.45, 2.75) is 13.1 Å². The van der Waals surface area contributed by atoms with Gasteiger partial charge in [-0.2, -0.15) is 18.3 Å². The molecule has 0 unspecified atom stereocenters. The number of para-hydroxylation sites is 2. The van der Waals surface area contributed by atoms with Crippen LogP contribution in [0.1, 0.15) is 11.4 Å². The Hall–Kier alpha value is -3.69. The van der Waals surface area contributed by atoms with Gasteiger partial charge in [-0.1, -0.05) is 12.1 Å². The predicted molar refractivity (Wildman–Crippen MR) is 95.0 cm³/mol. The molecule has 142 valence electrons. The van der Waals surface area contributed by atoms with Gasteiger partial charge in [-0.25, -0.2) is 9.67 Å². The fourth-order valence-corrected chi connectivity index (χ4v) is 3.02. The molecule has 0 aliphatic carbocycles. The molecule has 2 heterocycles. The van der Waals surface area contributed by atoms with Crippen molar-refractivity contribution in [1.29, 1.82) is 0 Å². The quantitative estimate of drug-likeness (QED) is 0.409. The van der Waals surface area contributed by atoms with Gasteiger partial charge in [0.05, 0.1) is 32.9 Å². The number of nitrogens with one attached hydrogen (secondary N) is 1. The SMILES string of the molecule is Cc1c(-c2nc3ccccc3[nH]2)c(C(F)(F)F)nn1-c1ccc([N+](=O)[O-])cc1. The molecule has 7 nitrogen and oxygen atoms in total. The Morgan fingerprint density at radius 3 is 2.39 bits per heavy atom. The molecule has 2 aromatic carbocycles. The van der Waals surface area contributed by atoms with Crippen LogP contribution in [0.15, 0.2) is 48.5 Å². The van der Waals surface area contributed by atoms with E-state index in [0.717, 1.165) is 4.68 Å². The highest BCUT2D eigenvalue weighted by molar-refractivity contribution is 5.80. The summed E-state index contributed by atoms with van der Waals surface area (Å²) < 4.78 is 42.1. The molecule has 1 N–H and O–H groups in total. The fraction of sp³-hybridized carbons (Fsp3) is 0.111. The van der Waals surface area contributed by atoms with E-state index in [1.807, 2.05) is 0 Å². The van der Waals surface area contributed by atoms with Crippen LogP contribution < -0.4 is 0 Å². The monoisotopic (exact) mass is 387 g/mol. The van der Waals surface area contributed by atoms with Crippen LogP contribution in [0, 0.1) is 17.0 Å². The third-order valence-corrected chi connectivity index (χ3v) is 4.32. The summed E-state index contributed by atoms with van der Waals surface area (Å²) in [7, 11) is 0. The Morgan fingerprint density at radius 2 is 1.79 bits per heavy atom. The third-order valence-electron chi connectivity index (χ3n) is 4.32. The van der Waals surface area contributed by atoms with Gasteiger partial charge in [0.15, 0.2) is 5.69 Å². The first kappa shape index (κ1) is 17.7. The van der Waals surface area contributed by atoms with Gasteiger partial charge in [0, 0.05) is 12.1 Å². The summed E-state index contributed by atoms with van der Waals surface area (Å²) in [5, 5.41) is 14.5. The van der Waals surface area contributed by atoms with Gasteiger partial charge in [0.1, 0.15) is 5.82 Å². The topological polar surface area (TPSA) is 89.6 Å². The first-order valence-corrected chi connectivity index (χ1v) is 8.12. The Balaban J connectivity index is 1.92. The maximum absolute atomic E-state index is 13.7. The average molecular weight is 387 g/mol. The molecule has 0 fully saturated rings. The van der Waals surface area contributed by atoms with Gasteiger partial charge in [-0.3, -0.25) is 10.1 Å². The number of benzene rings is 2. The molecule has 0 saturated carbocycles. The number of hydrogen-bond donors (Lipinski definition) is 1. The molecule has 0 amide bonds. The fourth-order valence-electron chi connectivity index (χ4n) is 3.02. The average Bonchev–Trinajstić information content (AvgIpc) is 3.22. The third kappa shape index (κ3) is 2.88.